The molecule has 0 spiro atoms. The van der Waals surface area contributed by atoms with Crippen LogP contribution in [0.4, 0.5) is 0 Å². The molecule has 0 fully saturated rings. The number of aromatic nitrogens is 1. The normalized spacial score (nSPS) is 10.2. The van der Waals surface area contributed by atoms with Gasteiger partial charge in [-0.1, -0.05) is 23.7 Å². The summed E-state index contributed by atoms with van der Waals surface area (Å²) < 4.78 is 10.1. The SMILES string of the molecule is COC(=O)CCN(Cc1ccncc1)C(=O)COc1ccccc1Cl. The van der Waals surface area contributed by atoms with Gasteiger partial charge in [0.25, 0.3) is 5.91 Å². The van der Waals surface area contributed by atoms with Crippen molar-refractivity contribution in [2.24, 2.45) is 0 Å². The molecule has 0 N–H and O–H groups in total. The molecule has 0 aliphatic heterocycles. The van der Waals surface area contributed by atoms with Crippen LogP contribution in [-0.4, -0.2) is 42.0 Å². The number of carbonyl (C=O) groups is 2. The Balaban J connectivity index is 2.00. The molecule has 0 bridgehead atoms. The Kier molecular flexibility index (Phi) is 7.22. The zero-order chi connectivity index (χ0) is 18.1. The lowest BCUT2D eigenvalue weighted by molar-refractivity contribution is -0.142. The van der Waals surface area contributed by atoms with Gasteiger partial charge in [-0.25, -0.2) is 0 Å². The summed E-state index contributed by atoms with van der Waals surface area (Å²) in [5, 5.41) is 0.436. The summed E-state index contributed by atoms with van der Waals surface area (Å²) in [5.41, 5.74) is 0.908. The smallest absolute Gasteiger partial charge is 0.307 e. The number of nitrogens with zero attached hydrogens (tertiary/aromatic N) is 2. The maximum Gasteiger partial charge on any atom is 0.307 e. The molecule has 0 aliphatic carbocycles. The van der Waals surface area contributed by atoms with Gasteiger partial charge in [0.05, 0.1) is 18.6 Å². The molecule has 1 amide bonds. The second-order valence-electron chi connectivity index (χ2n) is 5.22. The van der Waals surface area contributed by atoms with Crippen LogP contribution in [0.1, 0.15) is 12.0 Å². The van der Waals surface area contributed by atoms with Crippen LogP contribution in [0.5, 0.6) is 5.75 Å². The molecule has 1 aromatic heterocycles. The first-order valence-electron chi connectivity index (χ1n) is 7.71. The molecule has 2 rings (SSSR count). The first kappa shape index (κ1) is 18.7. The highest BCUT2D eigenvalue weighted by Gasteiger charge is 2.17. The van der Waals surface area contributed by atoms with Crippen LogP contribution in [0.2, 0.25) is 5.02 Å². The van der Waals surface area contributed by atoms with E-state index in [1.165, 1.54) is 7.11 Å². The molecular weight excluding hydrogens is 344 g/mol. The first-order valence-corrected chi connectivity index (χ1v) is 8.08. The summed E-state index contributed by atoms with van der Waals surface area (Å²) in [6, 6.07) is 10.6. The van der Waals surface area contributed by atoms with Crippen LogP contribution in [-0.2, 0) is 20.9 Å². The number of halogens is 1. The minimum Gasteiger partial charge on any atom is -0.482 e. The number of benzene rings is 1. The Hall–Kier alpha value is -2.60. The maximum atomic E-state index is 12.5. The quantitative estimate of drug-likeness (QED) is 0.675. The first-order chi connectivity index (χ1) is 12.1. The number of ether oxygens (including phenoxy) is 2. The van der Waals surface area contributed by atoms with Gasteiger partial charge in [-0.2, -0.15) is 0 Å². The lowest BCUT2D eigenvalue weighted by atomic mass is 10.2. The highest BCUT2D eigenvalue weighted by Crippen LogP contribution is 2.23. The molecule has 0 atom stereocenters. The summed E-state index contributed by atoms with van der Waals surface area (Å²) in [6.07, 6.45) is 3.41. The van der Waals surface area contributed by atoms with Crippen molar-refractivity contribution in [3.63, 3.8) is 0 Å². The third-order valence-electron chi connectivity index (χ3n) is 3.48. The van der Waals surface area contributed by atoms with E-state index in [1.54, 1.807) is 41.6 Å². The van der Waals surface area contributed by atoms with Crippen molar-refractivity contribution < 1.29 is 19.1 Å². The minimum atomic E-state index is -0.375. The highest BCUT2D eigenvalue weighted by atomic mass is 35.5. The molecule has 0 saturated carbocycles. The minimum absolute atomic E-state index is 0.111. The van der Waals surface area contributed by atoms with E-state index >= 15 is 0 Å². The number of hydrogen-bond donors (Lipinski definition) is 0. The number of carbonyl (C=O) groups excluding carboxylic acids is 2. The number of hydrogen-bond acceptors (Lipinski definition) is 5. The second-order valence-corrected chi connectivity index (χ2v) is 5.62. The van der Waals surface area contributed by atoms with Crippen molar-refractivity contribution in [3.05, 3.63) is 59.4 Å². The summed E-state index contributed by atoms with van der Waals surface area (Å²) in [7, 11) is 1.32. The molecule has 0 radical (unpaired) electrons. The van der Waals surface area contributed by atoms with Crippen molar-refractivity contribution in [3.8, 4) is 5.75 Å². The molecule has 6 nitrogen and oxygen atoms in total. The van der Waals surface area contributed by atoms with E-state index in [0.717, 1.165) is 5.56 Å². The van der Waals surface area contributed by atoms with Crippen molar-refractivity contribution in [1.82, 2.24) is 9.88 Å². The van der Waals surface area contributed by atoms with Gasteiger partial charge in [0.1, 0.15) is 5.75 Å². The summed E-state index contributed by atoms with van der Waals surface area (Å²) >= 11 is 6.02. The van der Waals surface area contributed by atoms with E-state index in [1.807, 2.05) is 12.1 Å². The largest absolute Gasteiger partial charge is 0.482 e. The monoisotopic (exact) mass is 362 g/mol. The van der Waals surface area contributed by atoms with E-state index < -0.39 is 0 Å². The zero-order valence-corrected chi connectivity index (χ0v) is 14.6. The Labute approximate surface area is 151 Å². The van der Waals surface area contributed by atoms with Gasteiger partial charge in [-0.05, 0) is 29.8 Å². The van der Waals surface area contributed by atoms with Gasteiger partial charge in [0, 0.05) is 25.5 Å². The van der Waals surface area contributed by atoms with Crippen LogP contribution in [0, 0.1) is 0 Å². The van der Waals surface area contributed by atoms with Gasteiger partial charge >= 0.3 is 5.97 Å². The van der Waals surface area contributed by atoms with Crippen molar-refractivity contribution in [1.29, 1.82) is 0 Å². The third-order valence-corrected chi connectivity index (χ3v) is 3.79. The van der Waals surface area contributed by atoms with E-state index in [0.29, 0.717) is 17.3 Å². The van der Waals surface area contributed by atoms with Crippen molar-refractivity contribution in [2.75, 3.05) is 20.3 Å². The van der Waals surface area contributed by atoms with Gasteiger partial charge in [0.15, 0.2) is 6.61 Å². The van der Waals surface area contributed by atoms with Crippen LogP contribution >= 0.6 is 11.6 Å². The molecule has 2 aromatic rings. The number of amides is 1. The zero-order valence-electron chi connectivity index (χ0n) is 13.9. The summed E-state index contributed by atoms with van der Waals surface area (Å²) in [4.78, 5) is 29.4. The van der Waals surface area contributed by atoms with Crippen molar-refractivity contribution in [2.45, 2.75) is 13.0 Å². The average molecular weight is 363 g/mol. The van der Waals surface area contributed by atoms with Crippen LogP contribution in [0.15, 0.2) is 48.8 Å². The third kappa shape index (κ3) is 6.08. The van der Waals surface area contributed by atoms with Crippen LogP contribution in [0.3, 0.4) is 0 Å². The van der Waals surface area contributed by atoms with Gasteiger partial charge < -0.3 is 14.4 Å². The molecule has 132 valence electrons. The predicted octanol–water partition coefficient (Wildman–Crippen LogP) is 2.71. The summed E-state index contributed by atoms with van der Waals surface area (Å²) in [6.45, 7) is 0.417. The number of esters is 1. The molecule has 1 aromatic carbocycles. The Morgan fingerprint density at radius 1 is 1.16 bits per heavy atom. The number of pyridine rings is 1. The molecule has 0 saturated heterocycles. The number of methoxy groups -OCH3 is 1. The van der Waals surface area contributed by atoms with Gasteiger partial charge in [0.2, 0.25) is 0 Å². The lowest BCUT2D eigenvalue weighted by Crippen LogP contribution is -2.36. The standard InChI is InChI=1S/C18H19ClN2O4/c1-24-18(23)8-11-21(12-14-6-9-20-10-7-14)17(22)13-25-16-5-3-2-4-15(16)19/h2-7,9-10H,8,11-13H2,1H3. The number of para-hydroxylation sites is 1. The molecule has 1 heterocycles. The van der Waals surface area contributed by atoms with Crippen LogP contribution < -0.4 is 4.74 Å². The van der Waals surface area contributed by atoms with Gasteiger partial charge in [-0.3, -0.25) is 14.6 Å². The predicted molar refractivity (Wildman–Crippen MR) is 93.2 cm³/mol. The maximum absolute atomic E-state index is 12.5. The van der Waals surface area contributed by atoms with E-state index in [9.17, 15) is 9.59 Å². The topological polar surface area (TPSA) is 68.7 Å². The average Bonchev–Trinajstić information content (AvgIpc) is 2.64. The van der Waals surface area contributed by atoms with Crippen molar-refractivity contribution >= 4 is 23.5 Å². The number of rotatable bonds is 8. The van der Waals surface area contributed by atoms with E-state index in [-0.39, 0.29) is 31.4 Å². The molecule has 25 heavy (non-hydrogen) atoms. The molecular formula is C18H19ClN2O4. The van der Waals surface area contributed by atoms with E-state index in [4.69, 9.17) is 16.3 Å². The van der Waals surface area contributed by atoms with Gasteiger partial charge in [-0.15, -0.1) is 0 Å². The Bertz CT molecular complexity index is 709. The molecule has 0 unspecified atom stereocenters. The fourth-order valence-corrected chi connectivity index (χ4v) is 2.31. The highest BCUT2D eigenvalue weighted by molar-refractivity contribution is 6.32. The Morgan fingerprint density at radius 2 is 1.88 bits per heavy atom. The molecule has 7 heteroatoms. The Morgan fingerprint density at radius 3 is 2.56 bits per heavy atom. The fraction of sp³-hybridized carbons (Fsp3) is 0.278. The van der Waals surface area contributed by atoms with E-state index in [2.05, 4.69) is 9.72 Å². The second kappa shape index (κ2) is 9.64. The summed E-state index contributed by atoms with van der Waals surface area (Å²) in [5.74, 6) is -0.186. The lowest BCUT2D eigenvalue weighted by Gasteiger charge is -2.22. The van der Waals surface area contributed by atoms with Crippen LogP contribution in [0.25, 0.3) is 0 Å². The fourth-order valence-electron chi connectivity index (χ4n) is 2.12. The molecule has 0 aliphatic rings.